The van der Waals surface area contributed by atoms with Crippen molar-refractivity contribution in [3.8, 4) is 0 Å². The Labute approximate surface area is 113 Å². The predicted molar refractivity (Wildman–Crippen MR) is 76.3 cm³/mol. The topological polar surface area (TPSA) is 32.3 Å². The first-order chi connectivity index (χ1) is 8.77. The number of amides is 1. The van der Waals surface area contributed by atoms with E-state index < -0.39 is 0 Å². The highest BCUT2D eigenvalue weighted by molar-refractivity contribution is 7.12. The second-order valence-corrected chi connectivity index (χ2v) is 5.86. The van der Waals surface area contributed by atoms with Crippen LogP contribution in [0.1, 0.15) is 40.9 Å². The molecule has 1 aromatic rings. The first kappa shape index (κ1) is 13.6. The average molecular weight is 266 g/mol. The molecular formula is C14H22N2OS. The highest BCUT2D eigenvalue weighted by Crippen LogP contribution is 2.15. The molecule has 1 saturated heterocycles. The van der Waals surface area contributed by atoms with E-state index in [9.17, 15) is 4.79 Å². The summed E-state index contributed by atoms with van der Waals surface area (Å²) in [6.07, 6.45) is 5.10. The fourth-order valence-electron chi connectivity index (χ4n) is 2.37. The maximum absolute atomic E-state index is 11.9. The van der Waals surface area contributed by atoms with E-state index in [1.165, 1.54) is 43.7 Å². The molecule has 0 unspecified atom stereocenters. The van der Waals surface area contributed by atoms with E-state index in [1.807, 2.05) is 18.4 Å². The minimum Gasteiger partial charge on any atom is -0.351 e. The molecule has 100 valence electrons. The number of hydrogen-bond donors (Lipinski definition) is 1. The molecule has 1 aromatic heterocycles. The van der Waals surface area contributed by atoms with Crippen molar-refractivity contribution in [2.45, 2.75) is 32.6 Å². The van der Waals surface area contributed by atoms with Crippen molar-refractivity contribution < 1.29 is 4.79 Å². The molecule has 3 nitrogen and oxygen atoms in total. The third-order valence-electron chi connectivity index (χ3n) is 3.45. The van der Waals surface area contributed by atoms with Gasteiger partial charge in [-0.05, 0) is 62.8 Å². The number of piperidine rings is 1. The largest absolute Gasteiger partial charge is 0.351 e. The molecule has 0 atom stereocenters. The van der Waals surface area contributed by atoms with E-state index in [0.717, 1.165) is 30.0 Å². The van der Waals surface area contributed by atoms with E-state index in [2.05, 4.69) is 10.2 Å². The van der Waals surface area contributed by atoms with Crippen molar-refractivity contribution in [2.24, 2.45) is 0 Å². The van der Waals surface area contributed by atoms with Crippen molar-refractivity contribution >= 4 is 17.2 Å². The van der Waals surface area contributed by atoms with Crippen molar-refractivity contribution in [1.29, 1.82) is 0 Å². The van der Waals surface area contributed by atoms with Gasteiger partial charge < -0.3 is 10.2 Å². The van der Waals surface area contributed by atoms with Gasteiger partial charge in [-0.3, -0.25) is 4.79 Å². The zero-order chi connectivity index (χ0) is 12.8. The standard InChI is InChI=1S/C14H22N2OS/c1-12-6-11-18-13(12)14(17)15-7-5-10-16-8-3-2-4-9-16/h6,11H,2-5,7-10H2,1H3,(H,15,17). The molecule has 0 bridgehead atoms. The number of aryl methyl sites for hydroxylation is 1. The Morgan fingerprint density at radius 1 is 1.39 bits per heavy atom. The second kappa shape index (κ2) is 6.90. The van der Waals surface area contributed by atoms with Crippen LogP contribution in [0.25, 0.3) is 0 Å². The quantitative estimate of drug-likeness (QED) is 0.831. The van der Waals surface area contributed by atoms with Crippen molar-refractivity contribution in [1.82, 2.24) is 10.2 Å². The summed E-state index contributed by atoms with van der Waals surface area (Å²) in [4.78, 5) is 15.2. The smallest absolute Gasteiger partial charge is 0.261 e. The zero-order valence-corrected chi connectivity index (χ0v) is 11.9. The molecule has 1 amide bonds. The van der Waals surface area contributed by atoms with Gasteiger partial charge in [-0.2, -0.15) is 0 Å². The van der Waals surface area contributed by atoms with Gasteiger partial charge >= 0.3 is 0 Å². The van der Waals surface area contributed by atoms with Crippen LogP contribution in [0.3, 0.4) is 0 Å². The lowest BCUT2D eigenvalue weighted by molar-refractivity contribution is 0.0954. The van der Waals surface area contributed by atoms with E-state index in [1.54, 1.807) is 0 Å². The lowest BCUT2D eigenvalue weighted by Gasteiger charge is -2.26. The van der Waals surface area contributed by atoms with Gasteiger partial charge in [0.05, 0.1) is 4.88 Å². The third kappa shape index (κ3) is 3.82. The SMILES string of the molecule is Cc1ccsc1C(=O)NCCCN1CCCCC1. The van der Waals surface area contributed by atoms with Gasteiger partial charge in [0.15, 0.2) is 0 Å². The van der Waals surface area contributed by atoms with Crippen molar-refractivity contribution in [3.05, 3.63) is 21.9 Å². The van der Waals surface area contributed by atoms with Gasteiger partial charge in [0.25, 0.3) is 5.91 Å². The number of thiophene rings is 1. The molecule has 1 aliphatic heterocycles. The van der Waals surface area contributed by atoms with Crippen LogP contribution >= 0.6 is 11.3 Å². The van der Waals surface area contributed by atoms with E-state index in [0.29, 0.717) is 0 Å². The molecule has 1 fully saturated rings. The average Bonchev–Trinajstić information content (AvgIpc) is 2.82. The fraction of sp³-hybridized carbons (Fsp3) is 0.643. The molecule has 0 aromatic carbocycles. The van der Waals surface area contributed by atoms with E-state index in [-0.39, 0.29) is 5.91 Å². The maximum Gasteiger partial charge on any atom is 0.261 e. The summed E-state index contributed by atoms with van der Waals surface area (Å²) in [5, 5.41) is 4.98. The number of nitrogens with zero attached hydrogens (tertiary/aromatic N) is 1. The van der Waals surface area contributed by atoms with Crippen LogP contribution in [0.15, 0.2) is 11.4 Å². The molecule has 1 N–H and O–H groups in total. The normalized spacial score (nSPS) is 16.7. The molecule has 2 rings (SSSR count). The number of likely N-dealkylation sites (tertiary alicyclic amines) is 1. The van der Waals surface area contributed by atoms with Gasteiger partial charge in [-0.1, -0.05) is 6.42 Å². The predicted octanol–water partition coefficient (Wildman–Crippen LogP) is 2.66. The molecule has 0 saturated carbocycles. The molecular weight excluding hydrogens is 244 g/mol. The van der Waals surface area contributed by atoms with E-state index in [4.69, 9.17) is 0 Å². The number of hydrogen-bond acceptors (Lipinski definition) is 3. The first-order valence-corrected chi connectivity index (χ1v) is 7.70. The highest BCUT2D eigenvalue weighted by atomic mass is 32.1. The summed E-state index contributed by atoms with van der Waals surface area (Å²) >= 11 is 1.52. The van der Waals surface area contributed by atoms with Crippen LogP contribution in [0.2, 0.25) is 0 Å². The Bertz CT molecular complexity index is 383. The molecule has 0 radical (unpaired) electrons. The Morgan fingerprint density at radius 3 is 2.83 bits per heavy atom. The van der Waals surface area contributed by atoms with Gasteiger partial charge in [-0.25, -0.2) is 0 Å². The third-order valence-corrected chi connectivity index (χ3v) is 4.47. The minimum absolute atomic E-state index is 0.0844. The first-order valence-electron chi connectivity index (χ1n) is 6.82. The maximum atomic E-state index is 11.9. The number of carbonyl (C=O) groups excluding carboxylic acids is 1. The molecule has 0 aliphatic carbocycles. The van der Waals surface area contributed by atoms with Crippen molar-refractivity contribution in [3.63, 3.8) is 0 Å². The summed E-state index contributed by atoms with van der Waals surface area (Å²) in [6.45, 7) is 6.35. The van der Waals surface area contributed by atoms with Gasteiger partial charge in [0, 0.05) is 6.54 Å². The Hall–Kier alpha value is -0.870. The minimum atomic E-state index is 0.0844. The fourth-order valence-corrected chi connectivity index (χ4v) is 3.21. The van der Waals surface area contributed by atoms with Crippen LogP contribution in [-0.2, 0) is 0 Å². The van der Waals surface area contributed by atoms with Crippen LogP contribution in [0.4, 0.5) is 0 Å². The number of rotatable bonds is 5. The van der Waals surface area contributed by atoms with Gasteiger partial charge in [-0.15, -0.1) is 11.3 Å². The summed E-state index contributed by atoms with van der Waals surface area (Å²) in [5.41, 5.74) is 1.08. The summed E-state index contributed by atoms with van der Waals surface area (Å²) in [7, 11) is 0. The van der Waals surface area contributed by atoms with E-state index >= 15 is 0 Å². The Kier molecular flexibility index (Phi) is 5.20. The Morgan fingerprint density at radius 2 is 2.17 bits per heavy atom. The molecule has 1 aliphatic rings. The van der Waals surface area contributed by atoms with Crippen molar-refractivity contribution in [2.75, 3.05) is 26.2 Å². The monoisotopic (exact) mass is 266 g/mol. The molecule has 4 heteroatoms. The zero-order valence-electron chi connectivity index (χ0n) is 11.1. The summed E-state index contributed by atoms with van der Waals surface area (Å²) < 4.78 is 0. The summed E-state index contributed by atoms with van der Waals surface area (Å²) in [6, 6.07) is 1.99. The molecule has 18 heavy (non-hydrogen) atoms. The lowest BCUT2D eigenvalue weighted by atomic mass is 10.1. The van der Waals surface area contributed by atoms with Gasteiger partial charge in [0.2, 0.25) is 0 Å². The van der Waals surface area contributed by atoms with Crippen LogP contribution < -0.4 is 5.32 Å². The number of nitrogens with one attached hydrogen (secondary N) is 1. The molecule has 0 spiro atoms. The highest BCUT2D eigenvalue weighted by Gasteiger charge is 2.11. The number of carbonyl (C=O) groups is 1. The van der Waals surface area contributed by atoms with Crippen LogP contribution in [-0.4, -0.2) is 37.0 Å². The summed E-state index contributed by atoms with van der Waals surface area (Å²) in [5.74, 6) is 0.0844. The second-order valence-electron chi connectivity index (χ2n) is 4.94. The van der Waals surface area contributed by atoms with Gasteiger partial charge in [0.1, 0.15) is 0 Å². The lowest BCUT2D eigenvalue weighted by Crippen LogP contribution is -2.33. The van der Waals surface area contributed by atoms with Crippen LogP contribution in [0, 0.1) is 6.92 Å². The Balaban J connectivity index is 1.63. The van der Waals surface area contributed by atoms with Crippen LogP contribution in [0.5, 0.6) is 0 Å². The molecule has 2 heterocycles.